The summed E-state index contributed by atoms with van der Waals surface area (Å²) in [4.78, 5) is 15.5. The van der Waals surface area contributed by atoms with Crippen molar-refractivity contribution in [2.24, 2.45) is 0 Å². The fourth-order valence-corrected chi connectivity index (χ4v) is 4.07. The number of nitrogens with one attached hydrogen (secondary N) is 3. The lowest BCUT2D eigenvalue weighted by atomic mass is 10.0. The molecule has 3 atom stereocenters. The number of carbonyl (C=O) groups excluding carboxylic acids is 1. The van der Waals surface area contributed by atoms with Gasteiger partial charge in [0.1, 0.15) is 12.9 Å². The molecule has 1 amide bonds. The van der Waals surface area contributed by atoms with Crippen LogP contribution in [0.2, 0.25) is 0 Å². The van der Waals surface area contributed by atoms with Crippen LogP contribution in [0.1, 0.15) is 150 Å². The largest absolute Gasteiger partial charge is 0.473 e. The van der Waals surface area contributed by atoms with Crippen LogP contribution in [0.25, 0.3) is 5.70 Å². The quantitative estimate of drug-likeness (QED) is 0.0991. The van der Waals surface area contributed by atoms with Crippen LogP contribution in [0.4, 0.5) is 8.78 Å². The van der Waals surface area contributed by atoms with Gasteiger partial charge in [0, 0.05) is 54.8 Å². The molecule has 2 rings (SSSR count). The molecule has 0 aromatic heterocycles. The summed E-state index contributed by atoms with van der Waals surface area (Å²) < 4.78 is 26.9. The number of hydrogen-bond acceptors (Lipinski definition) is 6. The number of hydrogen-bond donors (Lipinski definition) is 4. The van der Waals surface area contributed by atoms with Gasteiger partial charge in [-0.05, 0) is 103 Å². The zero-order chi connectivity index (χ0) is 43.3. The number of amides is 1. The number of ether oxygens (including phenoxy) is 1. The maximum absolute atomic E-state index is 13.2. The summed E-state index contributed by atoms with van der Waals surface area (Å²) in [7, 11) is 0. The van der Waals surface area contributed by atoms with Crippen LogP contribution in [0.5, 0.6) is 0 Å². The highest BCUT2D eigenvalue weighted by molar-refractivity contribution is 5.95. The van der Waals surface area contributed by atoms with Gasteiger partial charge >= 0.3 is 0 Å². The van der Waals surface area contributed by atoms with Gasteiger partial charge in [-0.3, -0.25) is 4.79 Å². The Kier molecular flexibility index (Phi) is 56.2. The number of alkyl halides is 1. The highest BCUT2D eigenvalue weighted by atomic mass is 19.1. The number of allylic oxidation sites excluding steroid dienone is 3. The summed E-state index contributed by atoms with van der Waals surface area (Å²) in [5, 5.41) is 17.7. The Bertz CT molecular complexity index is 1090. The molecule has 1 aromatic carbocycles. The molecular formula is C45H80F2N4O3. The molecule has 0 radical (unpaired) electrons. The predicted molar refractivity (Wildman–Crippen MR) is 234 cm³/mol. The van der Waals surface area contributed by atoms with Gasteiger partial charge in [0.2, 0.25) is 0 Å². The first-order valence-corrected chi connectivity index (χ1v) is 19.4. The molecule has 7 nitrogen and oxygen atoms in total. The Morgan fingerprint density at radius 3 is 1.81 bits per heavy atom. The smallest absolute Gasteiger partial charge is 0.251 e. The van der Waals surface area contributed by atoms with Crippen molar-refractivity contribution in [3.8, 4) is 25.7 Å². The number of terminal acetylenes is 2. The van der Waals surface area contributed by atoms with Gasteiger partial charge in [-0.15, -0.1) is 25.7 Å². The van der Waals surface area contributed by atoms with Crippen LogP contribution in [-0.2, 0) is 4.74 Å². The van der Waals surface area contributed by atoms with Gasteiger partial charge in [-0.2, -0.15) is 0 Å². The van der Waals surface area contributed by atoms with Gasteiger partial charge in [-0.1, -0.05) is 73.6 Å². The maximum Gasteiger partial charge on any atom is 0.251 e. The molecule has 0 saturated carbocycles. The van der Waals surface area contributed by atoms with E-state index in [9.17, 15) is 13.6 Å². The van der Waals surface area contributed by atoms with E-state index in [-0.39, 0.29) is 24.5 Å². The summed E-state index contributed by atoms with van der Waals surface area (Å²) in [5.74, 6) is -0.0698. The van der Waals surface area contributed by atoms with E-state index >= 15 is 0 Å². The number of nitrogens with zero attached hydrogens (tertiary/aromatic N) is 1. The summed E-state index contributed by atoms with van der Waals surface area (Å²) in [6, 6.07) is 6.35. The third-order valence-corrected chi connectivity index (χ3v) is 6.56. The van der Waals surface area contributed by atoms with Crippen LogP contribution in [-0.4, -0.2) is 60.9 Å². The number of halogens is 2. The van der Waals surface area contributed by atoms with Crippen LogP contribution >= 0.6 is 0 Å². The number of aliphatic hydroxyl groups excluding tert-OH is 1. The first-order valence-electron chi connectivity index (χ1n) is 19.4. The minimum absolute atomic E-state index is 0.0661. The number of carbonyl (C=O) groups is 1. The van der Waals surface area contributed by atoms with Gasteiger partial charge in [0.25, 0.3) is 5.91 Å². The molecule has 1 aliphatic rings. The molecule has 0 bridgehead atoms. The van der Waals surface area contributed by atoms with Crippen molar-refractivity contribution in [1.82, 2.24) is 20.9 Å². The maximum atomic E-state index is 13.2. The van der Waals surface area contributed by atoms with Crippen molar-refractivity contribution in [2.45, 2.75) is 140 Å². The minimum Gasteiger partial charge on any atom is -0.473 e. The summed E-state index contributed by atoms with van der Waals surface area (Å²) in [6.45, 7) is 33.7. The van der Waals surface area contributed by atoms with Crippen molar-refractivity contribution in [3.63, 3.8) is 0 Å². The molecule has 9 heteroatoms. The zero-order valence-electron chi connectivity index (χ0n) is 36.4. The van der Waals surface area contributed by atoms with E-state index in [1.807, 2.05) is 53.7 Å². The minimum atomic E-state index is -0.712. The van der Waals surface area contributed by atoms with Crippen LogP contribution in [0.3, 0.4) is 0 Å². The third-order valence-electron chi connectivity index (χ3n) is 6.56. The van der Waals surface area contributed by atoms with Crippen molar-refractivity contribution in [2.75, 3.05) is 32.9 Å². The van der Waals surface area contributed by atoms with Gasteiger partial charge in [0.05, 0.1) is 6.33 Å². The predicted octanol–water partition coefficient (Wildman–Crippen LogP) is 11.1. The summed E-state index contributed by atoms with van der Waals surface area (Å²) >= 11 is 0. The van der Waals surface area contributed by atoms with E-state index < -0.39 is 6.67 Å². The summed E-state index contributed by atoms with van der Waals surface area (Å²) in [6.07, 6.45) is 27.1. The van der Waals surface area contributed by atoms with Crippen LogP contribution in [0, 0.1) is 25.7 Å². The van der Waals surface area contributed by atoms with E-state index in [1.54, 1.807) is 12.5 Å². The average molecular weight is 763 g/mol. The molecule has 1 unspecified atom stereocenters. The third kappa shape index (κ3) is 36.3. The zero-order valence-corrected chi connectivity index (χ0v) is 36.4. The number of benzene rings is 1. The highest BCUT2D eigenvalue weighted by Crippen LogP contribution is 2.27. The first-order chi connectivity index (χ1) is 26.0. The Balaban J connectivity index is -0.000000216. The standard InChI is InChI=1S/C26H42N4O2.C5H10.C3H4F2.C3H8O.2C2H6.2C2H2/c1-7-10-27-19(4)15-20(5)29-25(31)23-16-22(21(6)30(12-8-2)13-9-3)17-24(18-23)26-28-11-14-32-26;1-4-5(2)3;4-2-1-3-5;1-2-3-4;4*1-2/h11,14,16-20,26-28H,6-10,12-13,15H2,1-5H3,(H,29,31);4H,1-3H3;1-2H,3H2;4H,2-3H2,1H3;2*1-2H3;2*1-2H/b;;2-1+;;;;;/t19-,20+,26?;;;;;;;/m1......./s1. The second-order valence-corrected chi connectivity index (χ2v) is 11.3. The average Bonchev–Trinajstić information content (AvgIpc) is 3.76. The van der Waals surface area contributed by atoms with Gasteiger partial charge in [-0.25, -0.2) is 8.78 Å². The fraction of sp³-hybridized carbons (Fsp3) is 0.578. The molecule has 0 fully saturated rings. The summed E-state index contributed by atoms with van der Waals surface area (Å²) in [5.41, 5.74) is 4.82. The second kappa shape index (κ2) is 49.0. The number of rotatable bonds is 16. The van der Waals surface area contributed by atoms with Crippen molar-refractivity contribution < 1.29 is 23.4 Å². The molecule has 54 heavy (non-hydrogen) atoms. The lowest BCUT2D eigenvalue weighted by Crippen LogP contribution is -2.38. The molecule has 1 aliphatic heterocycles. The fourth-order valence-electron chi connectivity index (χ4n) is 4.07. The topological polar surface area (TPSA) is 85.9 Å². The Labute approximate surface area is 332 Å². The van der Waals surface area contributed by atoms with E-state index in [2.05, 4.69) is 114 Å². The highest BCUT2D eigenvalue weighted by Gasteiger charge is 2.20. The van der Waals surface area contributed by atoms with Gasteiger partial charge in [0.15, 0.2) is 6.23 Å². The SMILES string of the molecule is C#C.C#C.C=C(c1cc(C(=O)N[C@@H](C)C[C@@H](C)NCCC)cc(C2NC=CO2)c1)N(CCC)CCC.CC.CC.CC=C(C)C.CCCO.F/C=C/CF. The second-order valence-electron chi connectivity index (χ2n) is 11.3. The molecule has 1 heterocycles. The van der Waals surface area contributed by atoms with E-state index in [0.29, 0.717) is 18.2 Å². The number of aliphatic hydroxyl groups is 1. The normalized spacial score (nSPS) is 12.3. The van der Waals surface area contributed by atoms with Gasteiger partial charge < -0.3 is 30.7 Å². The Morgan fingerprint density at radius 1 is 0.963 bits per heavy atom. The van der Waals surface area contributed by atoms with E-state index in [0.717, 1.165) is 74.6 Å². The molecule has 4 N–H and O–H groups in total. The monoisotopic (exact) mass is 763 g/mol. The van der Waals surface area contributed by atoms with E-state index in [4.69, 9.17) is 9.84 Å². The van der Waals surface area contributed by atoms with E-state index in [1.165, 1.54) is 5.57 Å². The van der Waals surface area contributed by atoms with Crippen molar-refractivity contribution in [3.05, 3.63) is 78.0 Å². The Hall–Kier alpha value is -4.05. The first kappa shape index (κ1) is 62.0. The molecule has 312 valence electrons. The molecule has 0 saturated heterocycles. The lowest BCUT2D eigenvalue weighted by Gasteiger charge is -2.27. The van der Waals surface area contributed by atoms with Crippen molar-refractivity contribution >= 4 is 11.6 Å². The van der Waals surface area contributed by atoms with Crippen LogP contribution in [0.15, 0.2) is 61.3 Å². The van der Waals surface area contributed by atoms with Crippen molar-refractivity contribution in [1.29, 1.82) is 0 Å². The molecule has 0 spiro atoms. The Morgan fingerprint density at radius 2 is 1.46 bits per heavy atom. The molecule has 1 aromatic rings. The lowest BCUT2D eigenvalue weighted by molar-refractivity contribution is 0.0936. The van der Waals surface area contributed by atoms with Crippen LogP contribution < -0.4 is 16.0 Å². The molecule has 0 aliphatic carbocycles. The molecular weight excluding hydrogens is 683 g/mol.